The largest absolute Gasteiger partial charge is 0.372 e. The van der Waals surface area contributed by atoms with E-state index in [2.05, 4.69) is 34.5 Å². The Hall–Kier alpha value is -2.00. The summed E-state index contributed by atoms with van der Waals surface area (Å²) in [6, 6.07) is 16.4. The summed E-state index contributed by atoms with van der Waals surface area (Å²) in [5, 5.41) is 3.84. The number of nitrogens with one attached hydrogen (secondary N) is 1. The molecular weight excluding hydrogens is 332 g/mol. The van der Waals surface area contributed by atoms with Crippen molar-refractivity contribution in [1.29, 1.82) is 0 Å². The molecule has 130 valence electrons. The highest BCUT2D eigenvalue weighted by molar-refractivity contribution is 6.31. The van der Waals surface area contributed by atoms with E-state index in [-0.39, 0.29) is 17.7 Å². The van der Waals surface area contributed by atoms with E-state index in [1.807, 2.05) is 24.3 Å². The van der Waals surface area contributed by atoms with Crippen LogP contribution in [0.2, 0.25) is 5.02 Å². The SMILES string of the molecule is O=C(NCc1ccc(N2CCCC2)cc1)C1CC1c1ccccc1Cl. The van der Waals surface area contributed by atoms with Crippen molar-refractivity contribution in [2.45, 2.75) is 31.7 Å². The first-order valence-electron chi connectivity index (χ1n) is 9.08. The summed E-state index contributed by atoms with van der Waals surface area (Å²) in [6.45, 7) is 2.90. The van der Waals surface area contributed by atoms with Gasteiger partial charge in [-0.05, 0) is 54.5 Å². The van der Waals surface area contributed by atoms with E-state index in [0.717, 1.165) is 35.7 Å². The molecule has 0 bridgehead atoms. The van der Waals surface area contributed by atoms with Gasteiger partial charge in [-0.15, -0.1) is 0 Å². The number of carbonyl (C=O) groups excluding carboxylic acids is 1. The minimum absolute atomic E-state index is 0.0590. The Kier molecular flexibility index (Phi) is 4.67. The average Bonchev–Trinajstić information content (AvgIpc) is 3.24. The van der Waals surface area contributed by atoms with E-state index < -0.39 is 0 Å². The van der Waals surface area contributed by atoms with E-state index in [0.29, 0.717) is 6.54 Å². The number of rotatable bonds is 5. The fraction of sp³-hybridized carbons (Fsp3) is 0.381. The predicted octanol–water partition coefficient (Wildman–Crippen LogP) is 4.36. The molecule has 2 atom stereocenters. The van der Waals surface area contributed by atoms with Crippen LogP contribution in [0.15, 0.2) is 48.5 Å². The fourth-order valence-electron chi connectivity index (χ4n) is 3.72. The van der Waals surface area contributed by atoms with Crippen molar-refractivity contribution in [3.8, 4) is 0 Å². The van der Waals surface area contributed by atoms with E-state index in [1.54, 1.807) is 0 Å². The molecule has 0 spiro atoms. The summed E-state index contributed by atoms with van der Waals surface area (Å²) in [6.07, 6.45) is 3.46. The van der Waals surface area contributed by atoms with Gasteiger partial charge < -0.3 is 10.2 Å². The molecule has 4 heteroatoms. The van der Waals surface area contributed by atoms with Crippen LogP contribution < -0.4 is 10.2 Å². The lowest BCUT2D eigenvalue weighted by Crippen LogP contribution is -2.25. The minimum Gasteiger partial charge on any atom is -0.372 e. The maximum Gasteiger partial charge on any atom is 0.224 e. The van der Waals surface area contributed by atoms with Gasteiger partial charge in [0.25, 0.3) is 0 Å². The maximum atomic E-state index is 12.4. The second kappa shape index (κ2) is 7.09. The van der Waals surface area contributed by atoms with Gasteiger partial charge in [-0.2, -0.15) is 0 Å². The van der Waals surface area contributed by atoms with Crippen LogP contribution in [-0.4, -0.2) is 19.0 Å². The second-order valence-corrected chi connectivity index (χ2v) is 7.46. The third-order valence-corrected chi connectivity index (χ3v) is 5.65. The van der Waals surface area contributed by atoms with Gasteiger partial charge in [0.05, 0.1) is 0 Å². The van der Waals surface area contributed by atoms with E-state index in [9.17, 15) is 4.79 Å². The van der Waals surface area contributed by atoms with Gasteiger partial charge in [0.2, 0.25) is 5.91 Å². The van der Waals surface area contributed by atoms with Crippen LogP contribution in [0.3, 0.4) is 0 Å². The second-order valence-electron chi connectivity index (χ2n) is 7.05. The van der Waals surface area contributed by atoms with Crippen LogP contribution in [0, 0.1) is 5.92 Å². The number of anilines is 1. The van der Waals surface area contributed by atoms with E-state index >= 15 is 0 Å². The molecule has 2 aromatic carbocycles. The van der Waals surface area contributed by atoms with Gasteiger partial charge >= 0.3 is 0 Å². The molecule has 1 heterocycles. The molecule has 25 heavy (non-hydrogen) atoms. The summed E-state index contributed by atoms with van der Waals surface area (Å²) in [5.74, 6) is 0.462. The number of nitrogens with zero attached hydrogens (tertiary/aromatic N) is 1. The normalized spacial score (nSPS) is 22.0. The molecular formula is C21H23ClN2O. The Bertz CT molecular complexity index is 753. The fourth-order valence-corrected chi connectivity index (χ4v) is 4.00. The molecule has 2 aliphatic rings. The van der Waals surface area contributed by atoms with Gasteiger partial charge in [-0.1, -0.05) is 41.9 Å². The number of carbonyl (C=O) groups is 1. The van der Waals surface area contributed by atoms with E-state index in [1.165, 1.54) is 18.5 Å². The summed E-state index contributed by atoms with van der Waals surface area (Å²) in [7, 11) is 0. The molecule has 1 amide bonds. The molecule has 2 fully saturated rings. The van der Waals surface area contributed by atoms with Crippen LogP contribution in [0.25, 0.3) is 0 Å². The molecule has 2 aromatic rings. The Morgan fingerprint density at radius 1 is 1.08 bits per heavy atom. The quantitative estimate of drug-likeness (QED) is 0.865. The number of hydrogen-bond acceptors (Lipinski definition) is 2. The zero-order chi connectivity index (χ0) is 17.2. The molecule has 3 nitrogen and oxygen atoms in total. The van der Waals surface area contributed by atoms with Crippen molar-refractivity contribution in [3.05, 3.63) is 64.7 Å². The topological polar surface area (TPSA) is 32.3 Å². The number of amides is 1. The van der Waals surface area contributed by atoms with Crippen LogP contribution >= 0.6 is 11.6 Å². The molecule has 0 radical (unpaired) electrons. The standard InChI is InChI=1S/C21H23ClN2O/c22-20-6-2-1-5-17(20)18-13-19(18)21(25)23-14-15-7-9-16(10-8-15)24-11-3-4-12-24/h1-2,5-10,18-19H,3-4,11-14H2,(H,23,25). The third kappa shape index (κ3) is 3.67. The van der Waals surface area contributed by atoms with Gasteiger partial charge in [0, 0.05) is 36.3 Å². The Morgan fingerprint density at radius 3 is 2.52 bits per heavy atom. The highest BCUT2D eigenvalue weighted by atomic mass is 35.5. The first-order chi connectivity index (χ1) is 12.2. The maximum absolute atomic E-state index is 12.4. The highest BCUT2D eigenvalue weighted by Crippen LogP contribution is 2.49. The van der Waals surface area contributed by atoms with Crippen molar-refractivity contribution in [2.75, 3.05) is 18.0 Å². The number of benzene rings is 2. The summed E-state index contributed by atoms with van der Waals surface area (Å²) in [5.41, 5.74) is 3.53. The molecule has 0 aromatic heterocycles. The lowest BCUT2D eigenvalue weighted by atomic mass is 10.1. The van der Waals surface area contributed by atoms with Crippen LogP contribution in [-0.2, 0) is 11.3 Å². The van der Waals surface area contributed by atoms with E-state index in [4.69, 9.17) is 11.6 Å². The van der Waals surface area contributed by atoms with Crippen LogP contribution in [0.1, 0.15) is 36.3 Å². The Balaban J connectivity index is 1.30. The van der Waals surface area contributed by atoms with Crippen molar-refractivity contribution in [2.24, 2.45) is 5.92 Å². The average molecular weight is 355 g/mol. The molecule has 1 aliphatic heterocycles. The molecule has 1 saturated heterocycles. The minimum atomic E-state index is 0.0590. The zero-order valence-corrected chi connectivity index (χ0v) is 15.0. The van der Waals surface area contributed by atoms with Crippen molar-refractivity contribution < 1.29 is 4.79 Å². The molecule has 1 N–H and O–H groups in total. The molecule has 4 rings (SSSR count). The first-order valence-corrected chi connectivity index (χ1v) is 9.46. The summed E-state index contributed by atoms with van der Waals surface area (Å²) < 4.78 is 0. The first kappa shape index (κ1) is 16.5. The molecule has 2 unspecified atom stereocenters. The van der Waals surface area contributed by atoms with Gasteiger partial charge in [0.1, 0.15) is 0 Å². The zero-order valence-electron chi connectivity index (χ0n) is 14.2. The summed E-state index contributed by atoms with van der Waals surface area (Å²) in [4.78, 5) is 14.8. The number of halogens is 1. The predicted molar refractivity (Wildman–Crippen MR) is 102 cm³/mol. The Morgan fingerprint density at radius 2 is 1.80 bits per heavy atom. The monoisotopic (exact) mass is 354 g/mol. The third-order valence-electron chi connectivity index (χ3n) is 5.31. The molecule has 1 aliphatic carbocycles. The van der Waals surface area contributed by atoms with Crippen molar-refractivity contribution >= 4 is 23.2 Å². The van der Waals surface area contributed by atoms with Crippen molar-refractivity contribution in [3.63, 3.8) is 0 Å². The number of hydrogen-bond donors (Lipinski definition) is 1. The smallest absolute Gasteiger partial charge is 0.224 e. The molecule has 1 saturated carbocycles. The lowest BCUT2D eigenvalue weighted by molar-refractivity contribution is -0.122. The van der Waals surface area contributed by atoms with Gasteiger partial charge in [-0.3, -0.25) is 4.79 Å². The van der Waals surface area contributed by atoms with Crippen LogP contribution in [0.5, 0.6) is 0 Å². The van der Waals surface area contributed by atoms with Gasteiger partial charge in [0.15, 0.2) is 0 Å². The van der Waals surface area contributed by atoms with Crippen molar-refractivity contribution in [1.82, 2.24) is 5.32 Å². The Labute approximate surface area is 154 Å². The summed E-state index contributed by atoms with van der Waals surface area (Å²) >= 11 is 6.24. The van der Waals surface area contributed by atoms with Crippen LogP contribution in [0.4, 0.5) is 5.69 Å². The van der Waals surface area contributed by atoms with Gasteiger partial charge in [-0.25, -0.2) is 0 Å². The highest BCUT2D eigenvalue weighted by Gasteiger charge is 2.44. The lowest BCUT2D eigenvalue weighted by Gasteiger charge is -2.17.